The minimum absolute atomic E-state index is 0.128. The van der Waals surface area contributed by atoms with Crippen LogP contribution in [0, 0.1) is 5.82 Å². The van der Waals surface area contributed by atoms with Gasteiger partial charge in [-0.2, -0.15) is 0 Å². The van der Waals surface area contributed by atoms with E-state index in [-0.39, 0.29) is 30.3 Å². The molecule has 0 aliphatic carbocycles. The lowest BCUT2D eigenvalue weighted by Crippen LogP contribution is -2.49. The molecule has 0 fully saturated rings. The number of nitrogens with zero attached hydrogens (tertiary/aromatic N) is 1. The molecule has 0 saturated carbocycles. The SMILES string of the molecule is CCCCNC(=O)[C@H](CC)N(Cc1ccc(Cl)cc1Cl)C(=O)Cc1ccccc1F. The van der Waals surface area contributed by atoms with E-state index >= 15 is 0 Å². The van der Waals surface area contributed by atoms with Crippen molar-refractivity contribution in [1.29, 1.82) is 0 Å². The van der Waals surface area contributed by atoms with E-state index in [4.69, 9.17) is 23.2 Å². The molecule has 30 heavy (non-hydrogen) atoms. The van der Waals surface area contributed by atoms with Gasteiger partial charge in [-0.25, -0.2) is 4.39 Å². The van der Waals surface area contributed by atoms with Gasteiger partial charge in [0.1, 0.15) is 11.9 Å². The van der Waals surface area contributed by atoms with Crippen LogP contribution >= 0.6 is 23.2 Å². The van der Waals surface area contributed by atoms with Gasteiger partial charge < -0.3 is 10.2 Å². The van der Waals surface area contributed by atoms with Crippen molar-refractivity contribution in [3.63, 3.8) is 0 Å². The Balaban J connectivity index is 2.30. The van der Waals surface area contributed by atoms with Crippen LogP contribution in [0.3, 0.4) is 0 Å². The molecule has 0 heterocycles. The van der Waals surface area contributed by atoms with Crippen molar-refractivity contribution in [2.24, 2.45) is 0 Å². The fourth-order valence-corrected chi connectivity index (χ4v) is 3.63. The van der Waals surface area contributed by atoms with Gasteiger partial charge in [0, 0.05) is 23.1 Å². The summed E-state index contributed by atoms with van der Waals surface area (Å²) >= 11 is 12.3. The third-order valence-corrected chi connectivity index (χ3v) is 5.46. The molecule has 1 N–H and O–H groups in total. The second-order valence-electron chi connectivity index (χ2n) is 7.09. The number of amides is 2. The molecule has 0 aromatic heterocycles. The highest BCUT2D eigenvalue weighted by Gasteiger charge is 2.29. The highest BCUT2D eigenvalue weighted by molar-refractivity contribution is 6.35. The van der Waals surface area contributed by atoms with Gasteiger partial charge in [0.15, 0.2) is 0 Å². The summed E-state index contributed by atoms with van der Waals surface area (Å²) in [5.41, 5.74) is 0.957. The maximum atomic E-state index is 14.1. The molecule has 1 atom stereocenters. The van der Waals surface area contributed by atoms with Crippen LogP contribution in [-0.2, 0) is 22.6 Å². The molecule has 2 aromatic rings. The number of hydrogen-bond acceptors (Lipinski definition) is 2. The number of benzene rings is 2. The molecule has 0 saturated heterocycles. The summed E-state index contributed by atoms with van der Waals surface area (Å²) in [5, 5.41) is 3.79. The Hall–Kier alpha value is -2.11. The Morgan fingerprint density at radius 1 is 1.10 bits per heavy atom. The van der Waals surface area contributed by atoms with Gasteiger partial charge in [0.05, 0.1) is 6.42 Å². The first-order chi connectivity index (χ1) is 14.4. The fraction of sp³-hybridized carbons (Fsp3) is 0.391. The van der Waals surface area contributed by atoms with Gasteiger partial charge in [-0.15, -0.1) is 0 Å². The topological polar surface area (TPSA) is 49.4 Å². The molecule has 0 bridgehead atoms. The third kappa shape index (κ3) is 6.71. The molecular formula is C23H27Cl2FN2O2. The number of carbonyl (C=O) groups is 2. The minimum atomic E-state index is -0.687. The second-order valence-corrected chi connectivity index (χ2v) is 7.94. The molecule has 2 aromatic carbocycles. The largest absolute Gasteiger partial charge is 0.354 e. The monoisotopic (exact) mass is 452 g/mol. The molecule has 162 valence electrons. The van der Waals surface area contributed by atoms with Crippen LogP contribution in [-0.4, -0.2) is 29.3 Å². The zero-order chi connectivity index (χ0) is 22.1. The Kier molecular flexibility index (Phi) is 9.60. The Bertz CT molecular complexity index is 876. The maximum absolute atomic E-state index is 14.1. The van der Waals surface area contributed by atoms with Crippen LogP contribution in [0.25, 0.3) is 0 Å². The lowest BCUT2D eigenvalue weighted by atomic mass is 10.1. The van der Waals surface area contributed by atoms with E-state index in [9.17, 15) is 14.0 Å². The van der Waals surface area contributed by atoms with E-state index < -0.39 is 11.9 Å². The van der Waals surface area contributed by atoms with Crippen molar-refractivity contribution >= 4 is 35.0 Å². The van der Waals surface area contributed by atoms with E-state index in [2.05, 4.69) is 5.32 Å². The molecule has 4 nitrogen and oxygen atoms in total. The van der Waals surface area contributed by atoms with Gasteiger partial charge in [-0.3, -0.25) is 9.59 Å². The highest BCUT2D eigenvalue weighted by atomic mass is 35.5. The molecule has 7 heteroatoms. The summed E-state index contributed by atoms with van der Waals surface area (Å²) in [6, 6.07) is 10.5. The summed E-state index contributed by atoms with van der Waals surface area (Å²) in [4.78, 5) is 27.5. The molecule has 0 unspecified atom stereocenters. The second kappa shape index (κ2) is 11.9. The Labute approximate surface area is 187 Å². The van der Waals surface area contributed by atoms with Gasteiger partial charge in [0.2, 0.25) is 11.8 Å². The fourth-order valence-electron chi connectivity index (χ4n) is 3.17. The standard InChI is InChI=1S/C23H27Cl2FN2O2/c1-3-5-12-27-23(30)21(4-2)28(15-17-10-11-18(24)14-19(17)25)22(29)13-16-8-6-7-9-20(16)26/h6-11,14,21H,3-5,12-13,15H2,1-2H3,(H,27,30)/t21-/m0/s1. The van der Waals surface area contributed by atoms with Crippen LogP contribution in [0.5, 0.6) is 0 Å². The van der Waals surface area contributed by atoms with E-state index in [0.717, 1.165) is 12.8 Å². The van der Waals surface area contributed by atoms with E-state index in [1.807, 2.05) is 13.8 Å². The first-order valence-corrected chi connectivity index (χ1v) is 10.9. The number of nitrogens with one attached hydrogen (secondary N) is 1. The molecule has 2 rings (SSSR count). The molecule has 2 amide bonds. The van der Waals surface area contributed by atoms with Gasteiger partial charge in [-0.1, -0.05) is 67.7 Å². The predicted octanol–water partition coefficient (Wildman–Crippen LogP) is 5.40. The maximum Gasteiger partial charge on any atom is 0.242 e. The summed E-state index contributed by atoms with van der Waals surface area (Å²) in [5.74, 6) is -1.02. The summed E-state index contributed by atoms with van der Waals surface area (Å²) in [6.07, 6.45) is 2.09. The Morgan fingerprint density at radius 2 is 1.83 bits per heavy atom. The Morgan fingerprint density at radius 3 is 2.47 bits per heavy atom. The average Bonchev–Trinajstić information content (AvgIpc) is 2.71. The number of halogens is 3. The van der Waals surface area contributed by atoms with Gasteiger partial charge in [0.25, 0.3) is 0 Å². The van der Waals surface area contributed by atoms with Crippen molar-refractivity contribution in [2.75, 3.05) is 6.54 Å². The number of unbranched alkanes of at least 4 members (excludes halogenated alkanes) is 1. The smallest absolute Gasteiger partial charge is 0.242 e. The lowest BCUT2D eigenvalue weighted by molar-refractivity contribution is -0.141. The normalized spacial score (nSPS) is 11.8. The highest BCUT2D eigenvalue weighted by Crippen LogP contribution is 2.24. The summed E-state index contributed by atoms with van der Waals surface area (Å²) < 4.78 is 14.1. The first kappa shape index (κ1) is 24.2. The zero-order valence-electron chi connectivity index (χ0n) is 17.3. The number of rotatable bonds is 10. The summed E-state index contributed by atoms with van der Waals surface area (Å²) in [7, 11) is 0. The van der Waals surface area contributed by atoms with E-state index in [0.29, 0.717) is 28.6 Å². The quantitative estimate of drug-likeness (QED) is 0.490. The predicted molar refractivity (Wildman–Crippen MR) is 119 cm³/mol. The molecule has 0 radical (unpaired) electrons. The van der Waals surface area contributed by atoms with Crippen molar-refractivity contribution in [2.45, 2.75) is 52.1 Å². The summed E-state index contributed by atoms with van der Waals surface area (Å²) in [6.45, 7) is 4.55. The lowest BCUT2D eigenvalue weighted by Gasteiger charge is -2.31. The molecular weight excluding hydrogens is 426 g/mol. The van der Waals surface area contributed by atoms with Crippen LogP contribution in [0.2, 0.25) is 10.0 Å². The van der Waals surface area contributed by atoms with Crippen molar-refractivity contribution in [3.05, 3.63) is 69.5 Å². The van der Waals surface area contributed by atoms with Crippen molar-refractivity contribution in [3.8, 4) is 0 Å². The average molecular weight is 453 g/mol. The van der Waals surface area contributed by atoms with Crippen LogP contribution in [0.15, 0.2) is 42.5 Å². The van der Waals surface area contributed by atoms with Crippen LogP contribution in [0.1, 0.15) is 44.2 Å². The van der Waals surface area contributed by atoms with E-state index in [1.165, 1.54) is 11.0 Å². The molecule has 0 spiro atoms. The number of carbonyl (C=O) groups excluding carboxylic acids is 2. The van der Waals surface area contributed by atoms with Crippen molar-refractivity contribution in [1.82, 2.24) is 10.2 Å². The first-order valence-electron chi connectivity index (χ1n) is 10.1. The zero-order valence-corrected chi connectivity index (χ0v) is 18.8. The third-order valence-electron chi connectivity index (χ3n) is 4.87. The van der Waals surface area contributed by atoms with E-state index in [1.54, 1.807) is 36.4 Å². The molecule has 0 aliphatic rings. The van der Waals surface area contributed by atoms with Gasteiger partial charge >= 0.3 is 0 Å². The molecule has 0 aliphatic heterocycles. The number of hydrogen-bond donors (Lipinski definition) is 1. The van der Waals surface area contributed by atoms with Crippen LogP contribution < -0.4 is 5.32 Å². The van der Waals surface area contributed by atoms with Crippen molar-refractivity contribution < 1.29 is 14.0 Å². The van der Waals surface area contributed by atoms with Gasteiger partial charge in [-0.05, 0) is 42.2 Å². The minimum Gasteiger partial charge on any atom is -0.354 e. The van der Waals surface area contributed by atoms with Crippen LogP contribution in [0.4, 0.5) is 4.39 Å².